The third-order valence-electron chi connectivity index (χ3n) is 4.39. The van der Waals surface area contributed by atoms with Crippen molar-refractivity contribution in [1.82, 2.24) is 4.98 Å². The average molecular weight is 396 g/mol. The van der Waals surface area contributed by atoms with Crippen LogP contribution in [0.1, 0.15) is 34.1 Å². The number of fused-ring (bicyclic) bond motifs is 1. The first-order chi connectivity index (χ1) is 12.2. The maximum Gasteiger partial charge on any atom is 0.131 e. The monoisotopic (exact) mass is 395 g/mol. The van der Waals surface area contributed by atoms with Crippen molar-refractivity contribution in [2.45, 2.75) is 37.8 Å². The second-order valence-corrected chi connectivity index (χ2v) is 8.96. The van der Waals surface area contributed by atoms with E-state index in [4.69, 9.17) is 17.3 Å². The molecule has 0 spiro atoms. The molecule has 4 rings (SSSR count). The van der Waals surface area contributed by atoms with Crippen molar-refractivity contribution in [3.8, 4) is 0 Å². The Balaban J connectivity index is 1.74. The summed E-state index contributed by atoms with van der Waals surface area (Å²) in [7, 11) is 0. The zero-order valence-corrected chi connectivity index (χ0v) is 16.0. The number of hydrogen-bond donors (Lipinski definition) is 2. The van der Waals surface area contributed by atoms with Gasteiger partial charge in [0, 0.05) is 28.4 Å². The van der Waals surface area contributed by atoms with Crippen LogP contribution in [0.2, 0.25) is 5.15 Å². The van der Waals surface area contributed by atoms with Gasteiger partial charge in [0.25, 0.3) is 0 Å². The Hall–Kier alpha value is -1.21. The average Bonchev–Trinajstić information content (AvgIpc) is 3.16. The number of thiophene rings is 2. The summed E-state index contributed by atoms with van der Waals surface area (Å²) < 4.78 is 14.0. The molecule has 0 unspecified atom stereocenters. The summed E-state index contributed by atoms with van der Waals surface area (Å²) in [4.78, 5) is 7.03. The lowest BCUT2D eigenvalue weighted by Crippen LogP contribution is -2.24. The summed E-state index contributed by atoms with van der Waals surface area (Å²) in [6.45, 7) is 0.249. The molecular formula is C18H19ClFN3S2. The molecule has 0 aliphatic heterocycles. The van der Waals surface area contributed by atoms with Gasteiger partial charge in [-0.3, -0.25) is 0 Å². The van der Waals surface area contributed by atoms with Crippen molar-refractivity contribution in [3.63, 3.8) is 0 Å². The van der Waals surface area contributed by atoms with Gasteiger partial charge in [-0.2, -0.15) is 0 Å². The van der Waals surface area contributed by atoms with Crippen molar-refractivity contribution in [1.29, 1.82) is 0 Å². The molecule has 0 amide bonds. The second kappa shape index (κ2) is 7.19. The molecule has 0 aromatic carbocycles. The number of aromatic nitrogens is 1. The molecule has 3 aromatic rings. The van der Waals surface area contributed by atoms with Crippen molar-refractivity contribution >= 4 is 50.2 Å². The number of nitrogens with one attached hydrogen (secondary N) is 1. The predicted octanol–water partition coefficient (Wildman–Crippen LogP) is 5.34. The Kier molecular flexibility index (Phi) is 4.95. The van der Waals surface area contributed by atoms with Crippen molar-refractivity contribution in [2.75, 3.05) is 12.0 Å². The van der Waals surface area contributed by atoms with Gasteiger partial charge in [0.2, 0.25) is 0 Å². The van der Waals surface area contributed by atoms with Gasteiger partial charge in [-0.25, -0.2) is 9.37 Å². The molecule has 1 fully saturated rings. The van der Waals surface area contributed by atoms with Crippen LogP contribution in [0.5, 0.6) is 0 Å². The first-order valence-corrected chi connectivity index (χ1v) is 10.4. The van der Waals surface area contributed by atoms with E-state index < -0.39 is 12.7 Å². The number of hydrogen-bond acceptors (Lipinski definition) is 5. The fourth-order valence-corrected chi connectivity index (χ4v) is 5.31. The molecular weight excluding hydrogens is 377 g/mol. The van der Waals surface area contributed by atoms with Gasteiger partial charge in [-0.15, -0.1) is 22.7 Å². The molecule has 1 aliphatic carbocycles. The minimum atomic E-state index is -0.504. The molecule has 0 radical (unpaired) electrons. The van der Waals surface area contributed by atoms with Gasteiger partial charge in [0.1, 0.15) is 11.8 Å². The zero-order valence-electron chi connectivity index (χ0n) is 13.6. The van der Waals surface area contributed by atoms with Gasteiger partial charge >= 0.3 is 0 Å². The Bertz CT molecular complexity index is 874. The topological polar surface area (TPSA) is 50.9 Å². The first kappa shape index (κ1) is 17.2. The maximum atomic E-state index is 12.9. The maximum absolute atomic E-state index is 12.9. The van der Waals surface area contributed by atoms with Gasteiger partial charge in [-0.05, 0) is 42.2 Å². The predicted molar refractivity (Wildman–Crippen MR) is 106 cm³/mol. The highest BCUT2D eigenvalue weighted by Gasteiger charge is 2.31. The Morgan fingerprint density at radius 1 is 1.44 bits per heavy atom. The highest BCUT2D eigenvalue weighted by atomic mass is 35.5. The Labute approximate surface area is 159 Å². The van der Waals surface area contributed by atoms with Gasteiger partial charge in [0.05, 0.1) is 15.9 Å². The fourth-order valence-electron chi connectivity index (χ4n) is 3.06. The van der Waals surface area contributed by atoms with E-state index >= 15 is 0 Å². The largest absolute Gasteiger partial charge is 0.379 e. The highest BCUT2D eigenvalue weighted by molar-refractivity contribution is 7.20. The van der Waals surface area contributed by atoms with E-state index in [1.54, 1.807) is 22.7 Å². The Morgan fingerprint density at radius 2 is 2.28 bits per heavy atom. The molecule has 7 heteroatoms. The second-order valence-electron chi connectivity index (χ2n) is 6.43. The zero-order chi connectivity index (χ0) is 17.4. The van der Waals surface area contributed by atoms with Gasteiger partial charge in [-0.1, -0.05) is 17.7 Å². The third-order valence-corrected chi connectivity index (χ3v) is 6.71. The number of anilines is 1. The van der Waals surface area contributed by atoms with E-state index in [0.29, 0.717) is 17.5 Å². The summed E-state index contributed by atoms with van der Waals surface area (Å²) in [6, 6.07) is 5.57. The molecule has 1 saturated carbocycles. The molecule has 3 nitrogen and oxygen atoms in total. The van der Waals surface area contributed by atoms with Crippen molar-refractivity contribution in [2.24, 2.45) is 5.73 Å². The minimum Gasteiger partial charge on any atom is -0.379 e. The van der Waals surface area contributed by atoms with Crippen LogP contribution in [0.3, 0.4) is 0 Å². The highest BCUT2D eigenvalue weighted by Crippen LogP contribution is 2.49. The van der Waals surface area contributed by atoms with E-state index in [1.807, 2.05) is 12.1 Å². The molecule has 25 heavy (non-hydrogen) atoms. The number of nitrogens with zero attached hydrogens (tertiary/aromatic N) is 1. The van der Waals surface area contributed by atoms with Crippen LogP contribution < -0.4 is 11.1 Å². The summed E-state index contributed by atoms with van der Waals surface area (Å²) >= 11 is 9.70. The Morgan fingerprint density at radius 3 is 2.96 bits per heavy atom. The minimum absolute atomic E-state index is 0.455. The third kappa shape index (κ3) is 3.67. The van der Waals surface area contributed by atoms with E-state index in [-0.39, 0.29) is 0 Å². The lowest BCUT2D eigenvalue weighted by molar-refractivity contribution is 0.428. The first-order valence-electron chi connectivity index (χ1n) is 8.35. The number of halogens is 2. The molecule has 1 aliphatic rings. The van der Waals surface area contributed by atoms with Crippen LogP contribution in [-0.2, 0) is 13.0 Å². The molecule has 3 heterocycles. The SMILES string of the molecule is N[C@@H](CF)Cc1sc2c(NCc3cccs3)cc(Cl)nc2c1C1CC1. The van der Waals surface area contributed by atoms with E-state index in [2.05, 4.69) is 21.7 Å². The molecule has 3 N–H and O–H groups in total. The summed E-state index contributed by atoms with van der Waals surface area (Å²) in [5.74, 6) is 0.520. The fraction of sp³-hybridized carbons (Fsp3) is 0.389. The normalized spacial score (nSPS) is 15.6. The van der Waals surface area contributed by atoms with Crippen LogP contribution in [0, 0.1) is 0 Å². The molecule has 0 bridgehead atoms. The van der Waals surface area contributed by atoms with Crippen LogP contribution in [0.15, 0.2) is 23.6 Å². The summed E-state index contributed by atoms with van der Waals surface area (Å²) in [5, 5.41) is 6.05. The number of pyridine rings is 1. The summed E-state index contributed by atoms with van der Waals surface area (Å²) in [6.07, 6.45) is 2.89. The van der Waals surface area contributed by atoms with E-state index in [9.17, 15) is 4.39 Å². The molecule has 3 aromatic heterocycles. The standard InChI is InChI=1S/C18H19ClFN3S2/c19-15-7-13(22-9-12-2-1-5-24-12)18-17(23-15)16(10-3-4-10)14(25-18)6-11(21)8-20/h1-2,5,7,10-11H,3-4,6,8-9,21H2,(H,22,23)/t11-/m1/s1. The van der Waals surface area contributed by atoms with Gasteiger partial charge in [0.15, 0.2) is 0 Å². The molecule has 132 valence electrons. The van der Waals surface area contributed by atoms with Crippen LogP contribution >= 0.6 is 34.3 Å². The van der Waals surface area contributed by atoms with Crippen LogP contribution in [-0.4, -0.2) is 17.7 Å². The smallest absolute Gasteiger partial charge is 0.131 e. The van der Waals surface area contributed by atoms with Gasteiger partial charge < -0.3 is 11.1 Å². The number of nitrogens with two attached hydrogens (primary N) is 1. The number of alkyl halides is 1. The van der Waals surface area contributed by atoms with E-state index in [1.165, 1.54) is 10.4 Å². The lowest BCUT2D eigenvalue weighted by Gasteiger charge is -2.08. The summed E-state index contributed by atoms with van der Waals surface area (Å²) in [5.41, 5.74) is 9.08. The van der Waals surface area contributed by atoms with Crippen molar-refractivity contribution < 1.29 is 4.39 Å². The van der Waals surface area contributed by atoms with Crippen LogP contribution in [0.25, 0.3) is 10.2 Å². The number of rotatable bonds is 7. The van der Waals surface area contributed by atoms with Crippen molar-refractivity contribution in [3.05, 3.63) is 44.1 Å². The lowest BCUT2D eigenvalue weighted by atomic mass is 10.1. The molecule has 1 atom stereocenters. The van der Waals surface area contributed by atoms with E-state index in [0.717, 1.165) is 40.2 Å². The quantitative estimate of drug-likeness (QED) is 0.531. The molecule has 0 saturated heterocycles. The van der Waals surface area contributed by atoms with Crippen LogP contribution in [0.4, 0.5) is 10.1 Å².